The summed E-state index contributed by atoms with van der Waals surface area (Å²) in [5.41, 5.74) is 2.37. The number of phenolic OH excluding ortho intramolecular Hbond substituents is 1. The number of benzene rings is 2. The van der Waals surface area contributed by atoms with Crippen molar-refractivity contribution in [3.8, 4) is 5.75 Å². The molecule has 0 aliphatic carbocycles. The molecule has 2 aromatic carbocycles. The van der Waals surface area contributed by atoms with Crippen LogP contribution in [-0.2, 0) is 6.54 Å². The Hall–Kier alpha value is -2.27. The minimum atomic E-state index is -0.453. The Morgan fingerprint density at radius 2 is 2.05 bits per heavy atom. The monoisotopic (exact) mass is 292 g/mol. The van der Waals surface area contributed by atoms with E-state index < -0.39 is 4.92 Å². The summed E-state index contributed by atoms with van der Waals surface area (Å²) in [6, 6.07) is 9.29. The molecule has 0 bridgehead atoms. The molecule has 2 aromatic rings. The number of hydrogen-bond donors (Lipinski definition) is 2. The number of nitro groups is 1. The van der Waals surface area contributed by atoms with Gasteiger partial charge in [-0.2, -0.15) is 0 Å². The standard InChI is InChI=1S/C14H13ClN2O3/c1-9-6-12(18)3-5-14(9)16-8-10-7-11(17(19)20)2-4-13(10)15/h2-7,16,18H,8H2,1H3. The van der Waals surface area contributed by atoms with E-state index in [0.717, 1.165) is 11.3 Å². The fourth-order valence-electron chi connectivity index (χ4n) is 1.85. The molecule has 0 aromatic heterocycles. The predicted molar refractivity (Wildman–Crippen MR) is 78.3 cm³/mol. The van der Waals surface area contributed by atoms with Gasteiger partial charge in [0, 0.05) is 29.4 Å². The van der Waals surface area contributed by atoms with Crippen LogP contribution in [-0.4, -0.2) is 10.0 Å². The van der Waals surface area contributed by atoms with Crippen LogP contribution in [0.3, 0.4) is 0 Å². The van der Waals surface area contributed by atoms with E-state index in [-0.39, 0.29) is 11.4 Å². The normalized spacial score (nSPS) is 10.3. The quantitative estimate of drug-likeness (QED) is 0.509. The molecule has 0 spiro atoms. The number of aromatic hydroxyl groups is 1. The van der Waals surface area contributed by atoms with Crippen LogP contribution in [0.4, 0.5) is 11.4 Å². The van der Waals surface area contributed by atoms with Crippen LogP contribution in [0.15, 0.2) is 36.4 Å². The van der Waals surface area contributed by atoms with Crippen LogP contribution in [0.2, 0.25) is 5.02 Å². The summed E-state index contributed by atoms with van der Waals surface area (Å²) in [6.45, 7) is 2.23. The average Bonchev–Trinajstić information content (AvgIpc) is 2.39. The van der Waals surface area contributed by atoms with E-state index in [2.05, 4.69) is 5.32 Å². The molecule has 0 fully saturated rings. The fraction of sp³-hybridized carbons (Fsp3) is 0.143. The Morgan fingerprint density at radius 3 is 2.70 bits per heavy atom. The summed E-state index contributed by atoms with van der Waals surface area (Å²) >= 11 is 6.03. The molecule has 5 nitrogen and oxygen atoms in total. The van der Waals surface area contributed by atoms with Gasteiger partial charge < -0.3 is 10.4 Å². The summed E-state index contributed by atoms with van der Waals surface area (Å²) in [6.07, 6.45) is 0. The highest BCUT2D eigenvalue weighted by Gasteiger charge is 2.10. The highest BCUT2D eigenvalue weighted by molar-refractivity contribution is 6.31. The molecule has 0 heterocycles. The van der Waals surface area contributed by atoms with Gasteiger partial charge in [-0.1, -0.05) is 11.6 Å². The van der Waals surface area contributed by atoms with Crippen LogP contribution in [0.5, 0.6) is 5.75 Å². The highest BCUT2D eigenvalue weighted by atomic mass is 35.5. The second-order valence-electron chi connectivity index (χ2n) is 4.39. The summed E-state index contributed by atoms with van der Waals surface area (Å²) in [5.74, 6) is 0.196. The summed E-state index contributed by atoms with van der Waals surface area (Å²) in [7, 11) is 0. The molecule has 104 valence electrons. The lowest BCUT2D eigenvalue weighted by atomic mass is 10.1. The molecule has 2 rings (SSSR count). The van der Waals surface area contributed by atoms with E-state index in [4.69, 9.17) is 11.6 Å². The highest BCUT2D eigenvalue weighted by Crippen LogP contribution is 2.25. The molecule has 0 unspecified atom stereocenters. The molecule has 0 amide bonds. The van der Waals surface area contributed by atoms with Crippen LogP contribution < -0.4 is 5.32 Å². The number of nitrogens with zero attached hydrogens (tertiary/aromatic N) is 1. The minimum Gasteiger partial charge on any atom is -0.508 e. The smallest absolute Gasteiger partial charge is 0.269 e. The molecular formula is C14H13ClN2O3. The largest absolute Gasteiger partial charge is 0.508 e. The van der Waals surface area contributed by atoms with Gasteiger partial charge in [0.25, 0.3) is 5.69 Å². The Labute approximate surface area is 121 Å². The number of halogens is 1. The maximum absolute atomic E-state index is 10.7. The average molecular weight is 293 g/mol. The van der Waals surface area contributed by atoms with Crippen molar-refractivity contribution in [3.05, 3.63) is 62.7 Å². The number of non-ortho nitro benzene ring substituents is 1. The van der Waals surface area contributed by atoms with Crippen molar-refractivity contribution in [2.75, 3.05) is 5.32 Å². The number of anilines is 1. The fourth-order valence-corrected chi connectivity index (χ4v) is 2.03. The van der Waals surface area contributed by atoms with Crippen molar-refractivity contribution >= 4 is 23.0 Å². The van der Waals surface area contributed by atoms with Crippen LogP contribution in [0.25, 0.3) is 0 Å². The van der Waals surface area contributed by atoms with E-state index in [1.54, 1.807) is 18.2 Å². The van der Waals surface area contributed by atoms with E-state index in [9.17, 15) is 15.2 Å². The second-order valence-corrected chi connectivity index (χ2v) is 4.79. The molecule has 0 saturated carbocycles. The molecule has 6 heteroatoms. The van der Waals surface area contributed by atoms with Gasteiger partial charge in [0.15, 0.2) is 0 Å². The maximum Gasteiger partial charge on any atom is 0.269 e. The Kier molecular flexibility index (Phi) is 4.10. The van der Waals surface area contributed by atoms with Crippen molar-refractivity contribution in [2.24, 2.45) is 0 Å². The molecule has 20 heavy (non-hydrogen) atoms. The van der Waals surface area contributed by atoms with Crippen LogP contribution in [0.1, 0.15) is 11.1 Å². The van der Waals surface area contributed by atoms with E-state index in [1.165, 1.54) is 18.2 Å². The number of hydrogen-bond acceptors (Lipinski definition) is 4. The summed E-state index contributed by atoms with van der Waals surface area (Å²) < 4.78 is 0. The Morgan fingerprint density at radius 1 is 1.30 bits per heavy atom. The number of phenols is 1. The molecule has 0 saturated heterocycles. The lowest BCUT2D eigenvalue weighted by molar-refractivity contribution is -0.384. The van der Waals surface area contributed by atoms with Crippen molar-refractivity contribution in [1.82, 2.24) is 0 Å². The molecular weight excluding hydrogens is 280 g/mol. The van der Waals surface area contributed by atoms with Crippen molar-refractivity contribution in [2.45, 2.75) is 13.5 Å². The first-order chi connectivity index (χ1) is 9.47. The summed E-state index contributed by atoms with van der Waals surface area (Å²) in [4.78, 5) is 10.3. The van der Waals surface area contributed by atoms with Gasteiger partial charge in [0.2, 0.25) is 0 Å². The van der Waals surface area contributed by atoms with Crippen LogP contribution >= 0.6 is 11.6 Å². The molecule has 2 N–H and O–H groups in total. The number of aryl methyl sites for hydroxylation is 1. The molecule has 0 radical (unpaired) electrons. The molecule has 0 aliphatic heterocycles. The van der Waals surface area contributed by atoms with Gasteiger partial charge in [-0.15, -0.1) is 0 Å². The number of nitrogens with one attached hydrogen (secondary N) is 1. The lowest BCUT2D eigenvalue weighted by Crippen LogP contribution is -2.02. The first kappa shape index (κ1) is 14.1. The third kappa shape index (κ3) is 3.19. The number of rotatable bonds is 4. The maximum atomic E-state index is 10.7. The predicted octanol–water partition coefficient (Wildman–Crippen LogP) is 3.87. The van der Waals surface area contributed by atoms with Crippen molar-refractivity contribution in [1.29, 1.82) is 0 Å². The third-order valence-corrected chi connectivity index (χ3v) is 3.29. The first-order valence-electron chi connectivity index (χ1n) is 5.93. The molecule has 0 aliphatic rings. The zero-order valence-corrected chi connectivity index (χ0v) is 11.5. The van der Waals surface area contributed by atoms with Crippen molar-refractivity contribution in [3.63, 3.8) is 0 Å². The third-order valence-electron chi connectivity index (χ3n) is 2.92. The van der Waals surface area contributed by atoms with Gasteiger partial charge in [-0.25, -0.2) is 0 Å². The van der Waals surface area contributed by atoms with E-state index >= 15 is 0 Å². The lowest BCUT2D eigenvalue weighted by Gasteiger charge is -2.11. The van der Waals surface area contributed by atoms with Crippen molar-refractivity contribution < 1.29 is 10.0 Å². The molecule has 0 atom stereocenters. The summed E-state index contributed by atoms with van der Waals surface area (Å²) in [5, 5.41) is 23.7. The minimum absolute atomic E-state index is 0.00799. The topological polar surface area (TPSA) is 75.4 Å². The number of nitro benzene ring substituents is 1. The van der Waals surface area contributed by atoms with Gasteiger partial charge in [-0.05, 0) is 42.3 Å². The SMILES string of the molecule is Cc1cc(O)ccc1NCc1cc([N+](=O)[O-])ccc1Cl. The van der Waals surface area contributed by atoms with E-state index in [1.807, 2.05) is 6.92 Å². The Bertz CT molecular complexity index is 659. The van der Waals surface area contributed by atoms with Gasteiger partial charge >= 0.3 is 0 Å². The zero-order valence-electron chi connectivity index (χ0n) is 10.8. The first-order valence-corrected chi connectivity index (χ1v) is 6.31. The van der Waals surface area contributed by atoms with Crippen LogP contribution in [0, 0.1) is 17.0 Å². The van der Waals surface area contributed by atoms with E-state index in [0.29, 0.717) is 17.1 Å². The van der Waals surface area contributed by atoms with Gasteiger partial charge in [0.1, 0.15) is 5.75 Å². The van der Waals surface area contributed by atoms with Gasteiger partial charge in [-0.3, -0.25) is 10.1 Å². The van der Waals surface area contributed by atoms with Gasteiger partial charge in [0.05, 0.1) is 4.92 Å². The zero-order chi connectivity index (χ0) is 14.7. The Balaban J connectivity index is 2.18. The second kappa shape index (κ2) is 5.79.